The van der Waals surface area contributed by atoms with E-state index in [1.54, 1.807) is 48.5 Å². The smallest absolute Gasteiger partial charge is 0.244 e. The summed E-state index contributed by atoms with van der Waals surface area (Å²) in [5, 5.41) is 2.73. The van der Waals surface area contributed by atoms with Crippen LogP contribution in [0.2, 0.25) is 0 Å². The molecule has 1 aliphatic heterocycles. The van der Waals surface area contributed by atoms with Gasteiger partial charge in [-0.25, -0.2) is 16.8 Å². The minimum absolute atomic E-state index is 0.0430. The largest absolute Gasteiger partial charge is 0.325 e. The van der Waals surface area contributed by atoms with E-state index in [9.17, 15) is 21.6 Å². The highest BCUT2D eigenvalue weighted by Gasteiger charge is 2.43. The van der Waals surface area contributed by atoms with Crippen LogP contribution in [0.3, 0.4) is 0 Å². The fraction of sp³-hybridized carbons (Fsp3) is 0.174. The van der Waals surface area contributed by atoms with Crippen molar-refractivity contribution in [3.63, 3.8) is 0 Å². The molecule has 4 rings (SSSR count). The van der Waals surface area contributed by atoms with Gasteiger partial charge in [0.1, 0.15) is 6.04 Å². The number of carbonyl (C=O) groups excluding carboxylic acids is 1. The van der Waals surface area contributed by atoms with Gasteiger partial charge in [-0.2, -0.15) is 8.61 Å². The Balaban J connectivity index is 1.68. The zero-order valence-electron chi connectivity index (χ0n) is 17.9. The average Bonchev–Trinajstić information content (AvgIpc) is 2.86. The van der Waals surface area contributed by atoms with Gasteiger partial charge in [-0.3, -0.25) is 4.79 Å². The number of nitrogens with one attached hydrogen (secondary N) is 1. The summed E-state index contributed by atoms with van der Waals surface area (Å²) in [7, 11) is -7.95. The lowest BCUT2D eigenvalue weighted by atomic mass is 10.2. The molecule has 0 saturated carbocycles. The molecule has 0 aromatic heterocycles. The minimum atomic E-state index is -4.04. The molecule has 178 valence electrons. The molecule has 1 heterocycles. The molecule has 1 aliphatic rings. The van der Waals surface area contributed by atoms with Gasteiger partial charge >= 0.3 is 0 Å². The van der Waals surface area contributed by atoms with E-state index >= 15 is 0 Å². The lowest BCUT2D eigenvalue weighted by Crippen LogP contribution is -2.60. The third kappa shape index (κ3) is 5.18. The second kappa shape index (κ2) is 10.1. The van der Waals surface area contributed by atoms with E-state index in [0.29, 0.717) is 5.69 Å². The number of halogens is 1. The highest BCUT2D eigenvalue weighted by Crippen LogP contribution is 2.26. The molecule has 34 heavy (non-hydrogen) atoms. The van der Waals surface area contributed by atoms with Gasteiger partial charge in [0.25, 0.3) is 0 Å². The number of hydrogen-bond donors (Lipinski definition) is 1. The first-order valence-corrected chi connectivity index (χ1v) is 14.3. The van der Waals surface area contributed by atoms with Crippen LogP contribution in [0.25, 0.3) is 0 Å². The molecule has 3 aromatic carbocycles. The van der Waals surface area contributed by atoms with Crippen LogP contribution in [0.4, 0.5) is 5.69 Å². The number of benzene rings is 3. The summed E-state index contributed by atoms with van der Waals surface area (Å²) in [6.45, 7) is -0.538. The van der Waals surface area contributed by atoms with Gasteiger partial charge in [-0.1, -0.05) is 36.4 Å². The van der Waals surface area contributed by atoms with E-state index in [-0.39, 0.29) is 29.4 Å². The number of nitrogens with zero attached hydrogens (tertiary/aromatic N) is 2. The van der Waals surface area contributed by atoms with Crippen molar-refractivity contribution in [1.82, 2.24) is 8.61 Å². The Kier molecular flexibility index (Phi) is 7.38. The Hall–Kier alpha value is -2.32. The number of hydrogen-bond acceptors (Lipinski definition) is 5. The topological polar surface area (TPSA) is 104 Å². The molecule has 8 nitrogen and oxygen atoms in total. The van der Waals surface area contributed by atoms with Crippen LogP contribution in [0, 0.1) is 3.57 Å². The van der Waals surface area contributed by atoms with Crippen molar-refractivity contribution in [2.24, 2.45) is 0 Å². The Morgan fingerprint density at radius 1 is 0.765 bits per heavy atom. The normalized spacial score (nSPS) is 17.9. The number of carbonyl (C=O) groups is 1. The van der Waals surface area contributed by atoms with Gasteiger partial charge in [0, 0.05) is 28.9 Å². The predicted octanol–water partition coefficient (Wildman–Crippen LogP) is 2.99. The zero-order chi connectivity index (χ0) is 24.3. The fourth-order valence-corrected chi connectivity index (χ4v) is 7.10. The quantitative estimate of drug-likeness (QED) is 0.432. The predicted molar refractivity (Wildman–Crippen MR) is 137 cm³/mol. The monoisotopic (exact) mass is 611 g/mol. The molecule has 1 saturated heterocycles. The molecular weight excluding hydrogens is 589 g/mol. The van der Waals surface area contributed by atoms with Crippen molar-refractivity contribution in [2.75, 3.05) is 25.0 Å². The Labute approximate surface area is 212 Å². The first-order valence-electron chi connectivity index (χ1n) is 10.4. The van der Waals surface area contributed by atoms with Gasteiger partial charge < -0.3 is 5.32 Å². The molecule has 0 bridgehead atoms. The maximum absolute atomic E-state index is 13.4. The van der Waals surface area contributed by atoms with Crippen molar-refractivity contribution in [2.45, 2.75) is 15.8 Å². The van der Waals surface area contributed by atoms with Crippen LogP contribution in [-0.4, -0.2) is 57.0 Å². The second-order valence-corrected chi connectivity index (χ2v) is 12.7. The summed E-state index contributed by atoms with van der Waals surface area (Å²) in [5.74, 6) is -0.603. The van der Waals surface area contributed by atoms with E-state index in [2.05, 4.69) is 27.9 Å². The first kappa shape index (κ1) is 24.8. The summed E-state index contributed by atoms with van der Waals surface area (Å²) >= 11 is 2.14. The lowest BCUT2D eigenvalue weighted by molar-refractivity contribution is -0.120. The van der Waals surface area contributed by atoms with E-state index in [0.717, 1.165) is 12.2 Å². The number of piperazine rings is 1. The van der Waals surface area contributed by atoms with Gasteiger partial charge in [0.15, 0.2) is 0 Å². The van der Waals surface area contributed by atoms with Gasteiger partial charge in [0.2, 0.25) is 26.0 Å². The van der Waals surface area contributed by atoms with Crippen LogP contribution in [-0.2, 0) is 24.8 Å². The summed E-state index contributed by atoms with van der Waals surface area (Å²) in [6, 6.07) is 21.5. The van der Waals surface area contributed by atoms with Crippen LogP contribution in [0.15, 0.2) is 94.7 Å². The number of anilines is 1. The van der Waals surface area contributed by atoms with Crippen LogP contribution < -0.4 is 5.32 Å². The van der Waals surface area contributed by atoms with E-state index in [4.69, 9.17) is 0 Å². The zero-order valence-corrected chi connectivity index (χ0v) is 21.7. The molecule has 3 aromatic rings. The molecule has 0 radical (unpaired) electrons. The Morgan fingerprint density at radius 2 is 1.29 bits per heavy atom. The maximum Gasteiger partial charge on any atom is 0.244 e. The molecule has 1 atom stereocenters. The third-order valence-electron chi connectivity index (χ3n) is 5.44. The molecular formula is C23H22IN3O5S2. The minimum Gasteiger partial charge on any atom is -0.325 e. The van der Waals surface area contributed by atoms with E-state index in [1.807, 2.05) is 12.1 Å². The van der Waals surface area contributed by atoms with E-state index < -0.39 is 32.0 Å². The second-order valence-electron chi connectivity index (χ2n) is 7.62. The summed E-state index contributed by atoms with van der Waals surface area (Å²) in [6.07, 6.45) is 0. The van der Waals surface area contributed by atoms with Crippen LogP contribution >= 0.6 is 22.6 Å². The summed E-state index contributed by atoms with van der Waals surface area (Å²) < 4.78 is 56.4. The molecule has 11 heteroatoms. The van der Waals surface area contributed by atoms with Gasteiger partial charge in [-0.15, -0.1) is 0 Å². The number of rotatable bonds is 6. The van der Waals surface area contributed by atoms with Crippen molar-refractivity contribution in [3.05, 3.63) is 88.5 Å². The maximum atomic E-state index is 13.4. The standard InChI is InChI=1S/C23H22IN3O5S2/c24-18-11-13-19(14-12-18)25-23(28)22-17-26(33(29,30)20-7-3-1-4-8-20)15-16-27(22)34(31,32)21-9-5-2-6-10-21/h1-14,22H,15-17H2,(H,25,28)/t22-/m0/s1. The van der Waals surface area contributed by atoms with Crippen molar-refractivity contribution < 1.29 is 21.6 Å². The summed E-state index contributed by atoms with van der Waals surface area (Å²) in [5.41, 5.74) is 0.491. The van der Waals surface area contributed by atoms with Crippen molar-refractivity contribution in [3.8, 4) is 0 Å². The molecule has 1 fully saturated rings. The van der Waals surface area contributed by atoms with Crippen LogP contribution in [0.1, 0.15) is 0 Å². The number of amides is 1. The van der Waals surface area contributed by atoms with E-state index in [1.165, 1.54) is 24.3 Å². The van der Waals surface area contributed by atoms with Crippen molar-refractivity contribution >= 4 is 54.2 Å². The SMILES string of the molecule is O=C(Nc1ccc(I)cc1)[C@@H]1CN(S(=O)(=O)c2ccccc2)CCN1S(=O)(=O)c1ccccc1. The number of sulfonamides is 2. The fourth-order valence-electron chi connectivity index (χ4n) is 3.69. The van der Waals surface area contributed by atoms with Crippen molar-refractivity contribution in [1.29, 1.82) is 0 Å². The Bertz CT molecular complexity index is 1370. The lowest BCUT2D eigenvalue weighted by Gasteiger charge is -2.38. The molecule has 1 amide bonds. The highest BCUT2D eigenvalue weighted by atomic mass is 127. The molecule has 0 unspecified atom stereocenters. The van der Waals surface area contributed by atoms with Crippen LogP contribution in [0.5, 0.6) is 0 Å². The molecule has 0 spiro atoms. The molecule has 0 aliphatic carbocycles. The average molecular weight is 611 g/mol. The van der Waals surface area contributed by atoms with Gasteiger partial charge in [0.05, 0.1) is 9.79 Å². The van der Waals surface area contributed by atoms with Gasteiger partial charge in [-0.05, 0) is 71.1 Å². The first-order chi connectivity index (χ1) is 16.2. The summed E-state index contributed by atoms with van der Waals surface area (Å²) in [4.78, 5) is 13.4. The third-order valence-corrected chi connectivity index (χ3v) is 9.96. The molecule has 1 N–H and O–H groups in total. The highest BCUT2D eigenvalue weighted by molar-refractivity contribution is 14.1. The Morgan fingerprint density at radius 3 is 1.85 bits per heavy atom.